The Balaban J connectivity index is 1.75. The van der Waals surface area contributed by atoms with E-state index in [2.05, 4.69) is 0 Å². The summed E-state index contributed by atoms with van der Waals surface area (Å²) in [5.74, 6) is -4.68. The van der Waals surface area contributed by atoms with Crippen LogP contribution >= 0.6 is 11.8 Å². The Labute approximate surface area is 261 Å². The van der Waals surface area contributed by atoms with Crippen molar-refractivity contribution in [3.8, 4) is 0 Å². The molecule has 3 aliphatic heterocycles. The van der Waals surface area contributed by atoms with Crippen LogP contribution in [0.5, 0.6) is 0 Å². The lowest BCUT2D eigenvalue weighted by molar-refractivity contribution is -0.474. The third-order valence-electron chi connectivity index (χ3n) is 7.97. The number of carbonyl (C=O) groups is 3. The van der Waals surface area contributed by atoms with E-state index in [9.17, 15) is 14.4 Å². The van der Waals surface area contributed by atoms with Crippen molar-refractivity contribution < 1.29 is 61.8 Å². The van der Waals surface area contributed by atoms with Crippen molar-refractivity contribution in [1.82, 2.24) is 0 Å². The van der Waals surface area contributed by atoms with Crippen molar-refractivity contribution in [3.63, 3.8) is 0 Å². The standard InChI is InChI=1S/C30H42O13S/c1-15-21(38-17(3)31)23(39-18(4)32)25(40-19(5)33)27(36-15)41-26-24-22(42-29(6,34-8)30(7,35-9)43-24)16(2)37-28(26)44-20-13-11-10-12-14-20/h10-16,21-28H,1-9H3/t15?,16?,21-,22-,23?,24?,25?,26?,27-,28-,29?,30?/m0/s1. The highest BCUT2D eigenvalue weighted by Gasteiger charge is 2.63. The van der Waals surface area contributed by atoms with Crippen molar-refractivity contribution in [2.24, 2.45) is 0 Å². The van der Waals surface area contributed by atoms with E-state index in [0.717, 1.165) is 4.90 Å². The Kier molecular flexibility index (Phi) is 11.0. The second-order valence-corrected chi connectivity index (χ2v) is 12.3. The zero-order chi connectivity index (χ0) is 32.4. The fourth-order valence-electron chi connectivity index (χ4n) is 5.58. The second kappa shape index (κ2) is 14.0. The molecule has 12 atom stereocenters. The fourth-order valence-corrected chi connectivity index (χ4v) is 6.74. The Morgan fingerprint density at radius 3 is 1.77 bits per heavy atom. The van der Waals surface area contributed by atoms with Gasteiger partial charge in [0.25, 0.3) is 0 Å². The van der Waals surface area contributed by atoms with Gasteiger partial charge in [0.15, 0.2) is 24.6 Å². The summed E-state index contributed by atoms with van der Waals surface area (Å²) in [7, 11) is 2.98. The molecule has 44 heavy (non-hydrogen) atoms. The molecule has 1 aromatic carbocycles. The van der Waals surface area contributed by atoms with Crippen LogP contribution in [0.15, 0.2) is 35.2 Å². The van der Waals surface area contributed by atoms with Crippen LogP contribution in [0.4, 0.5) is 0 Å². The van der Waals surface area contributed by atoms with Crippen molar-refractivity contribution >= 4 is 29.7 Å². The van der Waals surface area contributed by atoms with Crippen LogP contribution in [0, 0.1) is 0 Å². The number of thioether (sulfide) groups is 1. The van der Waals surface area contributed by atoms with E-state index >= 15 is 0 Å². The molecule has 8 unspecified atom stereocenters. The van der Waals surface area contributed by atoms with E-state index in [4.69, 9.17) is 47.4 Å². The van der Waals surface area contributed by atoms with Gasteiger partial charge >= 0.3 is 17.9 Å². The molecule has 0 aromatic heterocycles. The van der Waals surface area contributed by atoms with Gasteiger partial charge in [-0.2, -0.15) is 0 Å². The maximum Gasteiger partial charge on any atom is 0.303 e. The number of esters is 3. The smallest absolute Gasteiger partial charge is 0.303 e. The molecule has 14 heteroatoms. The number of fused-ring (bicyclic) bond motifs is 1. The Morgan fingerprint density at radius 2 is 1.23 bits per heavy atom. The minimum absolute atomic E-state index is 0.477. The predicted octanol–water partition coefficient (Wildman–Crippen LogP) is 2.96. The van der Waals surface area contributed by atoms with Crippen LogP contribution in [0.3, 0.4) is 0 Å². The number of carbonyl (C=O) groups excluding carboxylic acids is 3. The largest absolute Gasteiger partial charge is 0.456 e. The molecule has 0 N–H and O–H groups in total. The van der Waals surface area contributed by atoms with Gasteiger partial charge in [-0.3, -0.25) is 14.4 Å². The molecular weight excluding hydrogens is 600 g/mol. The van der Waals surface area contributed by atoms with Crippen LogP contribution in [-0.2, 0) is 61.8 Å². The molecule has 3 saturated heterocycles. The third-order valence-corrected chi connectivity index (χ3v) is 9.13. The van der Waals surface area contributed by atoms with Crippen LogP contribution in [-0.4, -0.2) is 104 Å². The number of methoxy groups -OCH3 is 2. The topological polar surface area (TPSA) is 144 Å². The quantitative estimate of drug-likeness (QED) is 0.288. The Morgan fingerprint density at radius 1 is 0.705 bits per heavy atom. The first-order chi connectivity index (χ1) is 20.7. The number of hydrogen-bond donors (Lipinski definition) is 0. The van der Waals surface area contributed by atoms with E-state index in [0.29, 0.717) is 0 Å². The number of benzene rings is 1. The zero-order valence-electron chi connectivity index (χ0n) is 26.4. The predicted molar refractivity (Wildman–Crippen MR) is 153 cm³/mol. The van der Waals surface area contributed by atoms with Crippen LogP contribution < -0.4 is 0 Å². The lowest BCUT2D eigenvalue weighted by Gasteiger charge is -2.57. The van der Waals surface area contributed by atoms with Gasteiger partial charge in [-0.25, -0.2) is 0 Å². The second-order valence-electron chi connectivity index (χ2n) is 11.1. The molecule has 1 aromatic rings. The maximum atomic E-state index is 12.3. The molecule has 4 rings (SSSR count). The average molecular weight is 643 g/mol. The van der Waals surface area contributed by atoms with Crippen molar-refractivity contribution in [2.75, 3.05) is 14.2 Å². The lowest BCUT2D eigenvalue weighted by atomic mass is 9.94. The first-order valence-corrected chi connectivity index (χ1v) is 15.3. The SMILES string of the molecule is COC1(C)OC2C(O[C@@H]3OC(C)[C@H](OC(C)=O)C(OC(C)=O)C3OC(C)=O)[C@H](Sc3ccccc3)OC(C)[C@@H]2OC1(C)OC. The molecule has 3 heterocycles. The number of hydrogen-bond acceptors (Lipinski definition) is 14. The summed E-state index contributed by atoms with van der Waals surface area (Å²) in [6.07, 6.45) is -8.67. The zero-order valence-corrected chi connectivity index (χ0v) is 27.2. The normalized spacial score (nSPS) is 40.4. The average Bonchev–Trinajstić information content (AvgIpc) is 2.95. The summed E-state index contributed by atoms with van der Waals surface area (Å²) >= 11 is 1.40. The van der Waals surface area contributed by atoms with E-state index < -0.39 is 90.0 Å². The van der Waals surface area contributed by atoms with Crippen molar-refractivity contribution in [1.29, 1.82) is 0 Å². The van der Waals surface area contributed by atoms with Gasteiger partial charge in [0.2, 0.25) is 11.6 Å². The van der Waals surface area contributed by atoms with Crippen LogP contribution in [0.2, 0.25) is 0 Å². The summed E-state index contributed by atoms with van der Waals surface area (Å²) in [6.45, 7) is 10.5. The summed E-state index contributed by atoms with van der Waals surface area (Å²) < 4.78 is 60.5. The fraction of sp³-hybridized carbons (Fsp3) is 0.700. The molecule has 0 saturated carbocycles. The van der Waals surface area contributed by atoms with Gasteiger partial charge in [0, 0.05) is 39.9 Å². The number of rotatable bonds is 9. The van der Waals surface area contributed by atoms with Gasteiger partial charge in [-0.15, -0.1) is 0 Å². The lowest BCUT2D eigenvalue weighted by Crippen LogP contribution is -2.73. The summed E-state index contributed by atoms with van der Waals surface area (Å²) in [5.41, 5.74) is -0.680. The van der Waals surface area contributed by atoms with Gasteiger partial charge < -0.3 is 47.4 Å². The van der Waals surface area contributed by atoms with E-state index in [1.165, 1.54) is 46.8 Å². The first kappa shape index (κ1) is 34.6. The molecule has 13 nitrogen and oxygen atoms in total. The van der Waals surface area contributed by atoms with Crippen molar-refractivity contribution in [3.05, 3.63) is 30.3 Å². The highest BCUT2D eigenvalue weighted by Crippen LogP contribution is 2.47. The Hall–Kier alpha value is -2.30. The molecule has 0 aliphatic carbocycles. The molecule has 3 fully saturated rings. The van der Waals surface area contributed by atoms with Gasteiger partial charge in [-0.1, -0.05) is 30.0 Å². The molecule has 3 aliphatic rings. The monoisotopic (exact) mass is 642 g/mol. The Bertz CT molecular complexity index is 1170. The molecule has 0 spiro atoms. The molecule has 0 radical (unpaired) electrons. The highest BCUT2D eigenvalue weighted by atomic mass is 32.2. The van der Waals surface area contributed by atoms with E-state index in [-0.39, 0.29) is 0 Å². The first-order valence-electron chi connectivity index (χ1n) is 14.4. The van der Waals surface area contributed by atoms with Gasteiger partial charge in [0.1, 0.15) is 23.7 Å². The molecule has 0 bridgehead atoms. The number of ether oxygens (including phenoxy) is 10. The molecule has 246 valence electrons. The summed E-state index contributed by atoms with van der Waals surface area (Å²) in [6, 6.07) is 9.58. The van der Waals surface area contributed by atoms with E-state index in [1.807, 2.05) is 37.3 Å². The maximum absolute atomic E-state index is 12.3. The van der Waals surface area contributed by atoms with Crippen molar-refractivity contribution in [2.45, 2.75) is 125 Å². The summed E-state index contributed by atoms with van der Waals surface area (Å²) in [4.78, 5) is 37.3. The molecule has 0 amide bonds. The van der Waals surface area contributed by atoms with Gasteiger partial charge in [-0.05, 0) is 39.8 Å². The highest BCUT2D eigenvalue weighted by molar-refractivity contribution is 7.99. The van der Waals surface area contributed by atoms with Gasteiger partial charge in [0.05, 0.1) is 12.2 Å². The van der Waals surface area contributed by atoms with E-state index in [1.54, 1.807) is 20.8 Å². The third kappa shape index (κ3) is 7.23. The minimum Gasteiger partial charge on any atom is -0.456 e. The molecular formula is C30H42O13S. The summed E-state index contributed by atoms with van der Waals surface area (Å²) in [5, 5.41) is 0. The van der Waals surface area contributed by atoms with Crippen LogP contribution in [0.1, 0.15) is 48.5 Å². The van der Waals surface area contributed by atoms with Crippen LogP contribution in [0.25, 0.3) is 0 Å². The minimum atomic E-state index is -1.37.